The average Bonchev–Trinajstić information content (AvgIpc) is 2.04. The van der Waals surface area contributed by atoms with Crippen molar-refractivity contribution in [2.24, 2.45) is 0 Å². The first kappa shape index (κ1) is 7.94. The molecule has 0 aliphatic heterocycles. The maximum Gasteiger partial charge on any atom is 0.146 e. The van der Waals surface area contributed by atoms with Gasteiger partial charge in [-0.15, -0.1) is 5.10 Å². The van der Waals surface area contributed by atoms with Gasteiger partial charge in [0, 0.05) is 6.61 Å². The highest BCUT2D eigenvalue weighted by Crippen LogP contribution is 1.99. The van der Waals surface area contributed by atoms with Crippen LogP contribution in [0.2, 0.25) is 0 Å². The molecular weight excluding hydrogens is 142 g/mol. The maximum atomic E-state index is 8.51. The van der Waals surface area contributed by atoms with Crippen LogP contribution in [0.5, 0.6) is 0 Å². The minimum absolute atomic E-state index is 0.187. The van der Waals surface area contributed by atoms with E-state index < -0.39 is 0 Å². The van der Waals surface area contributed by atoms with E-state index in [4.69, 9.17) is 10.8 Å². The average molecular weight is 153 g/mol. The second-order valence-electron chi connectivity index (χ2n) is 2.28. The van der Waals surface area contributed by atoms with E-state index in [9.17, 15) is 0 Å². The summed E-state index contributed by atoms with van der Waals surface area (Å²) in [6.45, 7) is 0.187. The van der Waals surface area contributed by atoms with Crippen molar-refractivity contribution in [1.82, 2.24) is 10.2 Å². The van der Waals surface area contributed by atoms with Gasteiger partial charge >= 0.3 is 0 Å². The number of anilines is 1. The molecule has 3 N–H and O–H groups in total. The number of aromatic nitrogens is 2. The number of nitrogen functional groups attached to an aromatic ring is 1. The zero-order valence-electron chi connectivity index (χ0n) is 6.20. The molecule has 0 radical (unpaired) electrons. The summed E-state index contributed by atoms with van der Waals surface area (Å²) >= 11 is 0. The van der Waals surface area contributed by atoms with E-state index in [1.165, 1.54) is 0 Å². The monoisotopic (exact) mass is 153 g/mol. The Bertz CT molecular complexity index is 209. The molecule has 60 valence electrons. The van der Waals surface area contributed by atoms with Crippen molar-refractivity contribution in [2.75, 3.05) is 12.3 Å². The highest BCUT2D eigenvalue weighted by atomic mass is 16.2. The first-order valence-electron chi connectivity index (χ1n) is 3.52. The lowest BCUT2D eigenvalue weighted by atomic mass is 10.2. The number of hydrogen-bond acceptors (Lipinski definition) is 4. The third-order valence-corrected chi connectivity index (χ3v) is 1.33. The van der Waals surface area contributed by atoms with E-state index in [1.807, 2.05) is 6.07 Å². The van der Waals surface area contributed by atoms with Gasteiger partial charge in [0.05, 0.1) is 5.69 Å². The number of hydrogen-bond donors (Lipinski definition) is 2. The summed E-state index contributed by atoms with van der Waals surface area (Å²) in [4.78, 5) is 0. The molecule has 0 aliphatic rings. The van der Waals surface area contributed by atoms with Crippen molar-refractivity contribution < 1.29 is 5.11 Å². The number of aryl methyl sites for hydroxylation is 1. The molecule has 0 spiro atoms. The second-order valence-corrected chi connectivity index (χ2v) is 2.28. The van der Waals surface area contributed by atoms with E-state index in [2.05, 4.69) is 10.2 Å². The highest BCUT2D eigenvalue weighted by molar-refractivity contribution is 5.25. The van der Waals surface area contributed by atoms with Gasteiger partial charge in [0.2, 0.25) is 0 Å². The number of aliphatic hydroxyl groups excluding tert-OH is 1. The van der Waals surface area contributed by atoms with Gasteiger partial charge in [0.25, 0.3) is 0 Å². The lowest BCUT2D eigenvalue weighted by Crippen LogP contribution is -1.98. The van der Waals surface area contributed by atoms with Crippen LogP contribution in [0.4, 0.5) is 5.82 Å². The van der Waals surface area contributed by atoms with Crippen molar-refractivity contribution in [1.29, 1.82) is 0 Å². The summed E-state index contributed by atoms with van der Waals surface area (Å²) in [5, 5.41) is 16.0. The molecule has 1 rings (SSSR count). The van der Waals surface area contributed by atoms with Crippen LogP contribution in [0, 0.1) is 0 Å². The Balaban J connectivity index is 2.52. The van der Waals surface area contributed by atoms with Crippen LogP contribution >= 0.6 is 0 Å². The molecule has 0 aliphatic carbocycles. The molecular formula is C7H11N3O. The fraction of sp³-hybridized carbons (Fsp3) is 0.429. The normalized spacial score (nSPS) is 9.91. The quantitative estimate of drug-likeness (QED) is 0.640. The van der Waals surface area contributed by atoms with Crippen LogP contribution in [0.3, 0.4) is 0 Å². The number of nitrogens with zero attached hydrogens (tertiary/aromatic N) is 2. The third kappa shape index (κ3) is 2.51. The van der Waals surface area contributed by atoms with Crippen LogP contribution in [0.25, 0.3) is 0 Å². The minimum Gasteiger partial charge on any atom is -0.396 e. The SMILES string of the molecule is Nc1ccc(CCCO)nn1. The van der Waals surface area contributed by atoms with Crippen molar-refractivity contribution in [3.05, 3.63) is 17.8 Å². The fourth-order valence-corrected chi connectivity index (χ4v) is 0.764. The number of rotatable bonds is 3. The first-order chi connectivity index (χ1) is 5.33. The van der Waals surface area contributed by atoms with Crippen LogP contribution in [0.15, 0.2) is 12.1 Å². The summed E-state index contributed by atoms with van der Waals surface area (Å²) in [5.41, 5.74) is 6.20. The Morgan fingerprint density at radius 2 is 2.18 bits per heavy atom. The minimum atomic E-state index is 0.187. The molecule has 4 heteroatoms. The third-order valence-electron chi connectivity index (χ3n) is 1.33. The van der Waals surface area contributed by atoms with Gasteiger partial charge in [-0.05, 0) is 25.0 Å². The first-order valence-corrected chi connectivity index (χ1v) is 3.52. The van der Waals surface area contributed by atoms with Crippen molar-refractivity contribution in [3.63, 3.8) is 0 Å². The Hall–Kier alpha value is -1.16. The highest BCUT2D eigenvalue weighted by Gasteiger charge is 1.93. The fourth-order valence-electron chi connectivity index (χ4n) is 0.764. The Kier molecular flexibility index (Phi) is 2.80. The van der Waals surface area contributed by atoms with Gasteiger partial charge < -0.3 is 10.8 Å². The van der Waals surface area contributed by atoms with E-state index in [1.54, 1.807) is 6.07 Å². The Labute approximate surface area is 65.1 Å². The van der Waals surface area contributed by atoms with Crippen molar-refractivity contribution in [2.45, 2.75) is 12.8 Å². The van der Waals surface area contributed by atoms with Gasteiger partial charge in [0.15, 0.2) is 0 Å². The molecule has 0 bridgehead atoms. The van der Waals surface area contributed by atoms with Crippen LogP contribution < -0.4 is 5.73 Å². The Morgan fingerprint density at radius 1 is 1.36 bits per heavy atom. The van der Waals surface area contributed by atoms with Gasteiger partial charge in [-0.3, -0.25) is 0 Å². The van der Waals surface area contributed by atoms with Gasteiger partial charge in [-0.2, -0.15) is 5.10 Å². The molecule has 1 heterocycles. The maximum absolute atomic E-state index is 8.51. The van der Waals surface area contributed by atoms with Crippen molar-refractivity contribution >= 4 is 5.82 Å². The molecule has 4 nitrogen and oxygen atoms in total. The van der Waals surface area contributed by atoms with Gasteiger partial charge in [0.1, 0.15) is 5.82 Å². The molecule has 0 saturated carbocycles. The molecule has 0 atom stereocenters. The molecule has 1 aromatic heterocycles. The van der Waals surface area contributed by atoms with Crippen LogP contribution in [-0.4, -0.2) is 21.9 Å². The van der Waals surface area contributed by atoms with E-state index in [-0.39, 0.29) is 6.61 Å². The lowest BCUT2D eigenvalue weighted by molar-refractivity contribution is 0.288. The molecule has 0 fully saturated rings. The van der Waals surface area contributed by atoms with E-state index in [0.717, 1.165) is 18.5 Å². The zero-order chi connectivity index (χ0) is 8.10. The molecule has 11 heavy (non-hydrogen) atoms. The molecule has 0 aromatic carbocycles. The standard InChI is InChI=1S/C7H11N3O/c8-7-4-3-6(9-10-7)2-1-5-11/h3-4,11H,1-2,5H2,(H2,8,10). The Morgan fingerprint density at radius 3 is 2.73 bits per heavy atom. The van der Waals surface area contributed by atoms with Crippen LogP contribution in [0.1, 0.15) is 12.1 Å². The molecule has 0 unspecified atom stereocenters. The summed E-state index contributed by atoms with van der Waals surface area (Å²) in [5.74, 6) is 0.428. The molecule has 0 amide bonds. The van der Waals surface area contributed by atoms with Gasteiger partial charge in [-0.1, -0.05) is 0 Å². The molecule has 1 aromatic rings. The largest absolute Gasteiger partial charge is 0.396 e. The van der Waals surface area contributed by atoms with E-state index >= 15 is 0 Å². The summed E-state index contributed by atoms with van der Waals surface area (Å²) in [6.07, 6.45) is 1.47. The second kappa shape index (κ2) is 3.88. The summed E-state index contributed by atoms with van der Waals surface area (Å²) < 4.78 is 0. The van der Waals surface area contributed by atoms with Crippen LogP contribution in [-0.2, 0) is 6.42 Å². The predicted octanol–water partition coefficient (Wildman–Crippen LogP) is -0.0163. The lowest BCUT2D eigenvalue weighted by Gasteiger charge is -1.96. The molecule has 0 saturated heterocycles. The van der Waals surface area contributed by atoms with Crippen molar-refractivity contribution in [3.8, 4) is 0 Å². The number of nitrogens with two attached hydrogens (primary N) is 1. The zero-order valence-corrected chi connectivity index (χ0v) is 6.20. The van der Waals surface area contributed by atoms with E-state index in [0.29, 0.717) is 5.82 Å². The van der Waals surface area contributed by atoms with Gasteiger partial charge in [-0.25, -0.2) is 0 Å². The topological polar surface area (TPSA) is 72.0 Å². The summed E-state index contributed by atoms with van der Waals surface area (Å²) in [6, 6.07) is 3.53. The summed E-state index contributed by atoms with van der Waals surface area (Å²) in [7, 11) is 0. The smallest absolute Gasteiger partial charge is 0.146 e. The predicted molar refractivity (Wildman–Crippen MR) is 41.9 cm³/mol. The number of aliphatic hydroxyl groups is 1.